The minimum Gasteiger partial charge on any atom is -0.351 e. The molecule has 0 aliphatic carbocycles. The number of nitrogens with two attached hydrogens (primary N) is 1. The van der Waals surface area contributed by atoms with Crippen molar-refractivity contribution in [2.45, 2.75) is 31.7 Å². The van der Waals surface area contributed by atoms with E-state index in [1.807, 2.05) is 18.2 Å². The third-order valence-electron chi connectivity index (χ3n) is 3.52. The number of piperidine rings is 1. The molecule has 1 unspecified atom stereocenters. The molecule has 1 aromatic rings. The van der Waals surface area contributed by atoms with Gasteiger partial charge < -0.3 is 11.1 Å². The molecule has 1 heterocycles. The zero-order chi connectivity index (χ0) is 13.0. The minimum absolute atomic E-state index is 0.428. The minimum atomic E-state index is -0.428. The van der Waals surface area contributed by atoms with Gasteiger partial charge in [-0.1, -0.05) is 18.6 Å². The second-order valence-electron chi connectivity index (χ2n) is 4.92. The molecule has 98 valence electrons. The third-order valence-corrected chi connectivity index (χ3v) is 3.52. The summed E-state index contributed by atoms with van der Waals surface area (Å²) in [6.45, 7) is 1.12. The molecule has 1 fully saturated rings. The molecule has 2 rings (SSSR count). The molecule has 3 N–H and O–H groups in total. The Morgan fingerprint density at radius 1 is 1.50 bits per heavy atom. The quantitative estimate of drug-likeness (QED) is 0.857. The van der Waals surface area contributed by atoms with Gasteiger partial charge in [0.15, 0.2) is 0 Å². The fraction of sp³-hybridized carbons (Fsp3) is 0.500. The van der Waals surface area contributed by atoms with Crippen molar-refractivity contribution in [1.82, 2.24) is 5.32 Å². The first-order valence-corrected chi connectivity index (χ1v) is 6.52. The molecule has 0 spiro atoms. The highest BCUT2D eigenvalue weighted by Gasteiger charge is 2.14. The van der Waals surface area contributed by atoms with E-state index in [4.69, 9.17) is 5.73 Å². The Morgan fingerprint density at radius 3 is 3.00 bits per heavy atom. The van der Waals surface area contributed by atoms with Crippen LogP contribution >= 0.6 is 0 Å². The SMILES string of the molecule is CN(C(N)=O)c1cccc(CC2CCCCN2)c1. The van der Waals surface area contributed by atoms with Gasteiger partial charge in [0.25, 0.3) is 0 Å². The number of carbonyl (C=O) groups excluding carboxylic acids is 1. The van der Waals surface area contributed by atoms with Gasteiger partial charge in [0.2, 0.25) is 0 Å². The van der Waals surface area contributed by atoms with E-state index in [2.05, 4.69) is 11.4 Å². The second-order valence-corrected chi connectivity index (χ2v) is 4.92. The molecule has 0 saturated carbocycles. The fourth-order valence-corrected chi connectivity index (χ4v) is 2.40. The summed E-state index contributed by atoms with van der Waals surface area (Å²) in [4.78, 5) is 12.6. The van der Waals surface area contributed by atoms with Crippen LogP contribution in [-0.2, 0) is 6.42 Å². The number of rotatable bonds is 3. The highest BCUT2D eigenvalue weighted by atomic mass is 16.2. The van der Waals surface area contributed by atoms with Crippen LogP contribution in [0.1, 0.15) is 24.8 Å². The Morgan fingerprint density at radius 2 is 2.33 bits per heavy atom. The van der Waals surface area contributed by atoms with Crippen LogP contribution in [0.2, 0.25) is 0 Å². The highest BCUT2D eigenvalue weighted by Crippen LogP contribution is 2.18. The molecule has 4 nitrogen and oxygen atoms in total. The Bertz CT molecular complexity index is 413. The first-order valence-electron chi connectivity index (χ1n) is 6.52. The van der Waals surface area contributed by atoms with Crippen molar-refractivity contribution in [2.24, 2.45) is 5.73 Å². The summed E-state index contributed by atoms with van der Waals surface area (Å²) in [5, 5.41) is 3.53. The van der Waals surface area contributed by atoms with Crippen LogP contribution in [0, 0.1) is 0 Å². The summed E-state index contributed by atoms with van der Waals surface area (Å²) in [6, 6.07) is 8.17. The summed E-state index contributed by atoms with van der Waals surface area (Å²) in [7, 11) is 1.69. The summed E-state index contributed by atoms with van der Waals surface area (Å²) < 4.78 is 0. The van der Waals surface area contributed by atoms with Gasteiger partial charge in [-0.3, -0.25) is 4.90 Å². The van der Waals surface area contributed by atoms with E-state index >= 15 is 0 Å². The Balaban J connectivity index is 2.04. The lowest BCUT2D eigenvalue weighted by atomic mass is 9.97. The van der Waals surface area contributed by atoms with Gasteiger partial charge in [0.1, 0.15) is 0 Å². The van der Waals surface area contributed by atoms with Crippen molar-refractivity contribution in [3.8, 4) is 0 Å². The number of benzene rings is 1. The molecule has 1 saturated heterocycles. The molecular formula is C14H21N3O. The lowest BCUT2D eigenvalue weighted by Crippen LogP contribution is -2.35. The van der Waals surface area contributed by atoms with Gasteiger partial charge in [-0.15, -0.1) is 0 Å². The van der Waals surface area contributed by atoms with E-state index < -0.39 is 6.03 Å². The number of primary amides is 1. The number of urea groups is 1. The summed E-state index contributed by atoms with van der Waals surface area (Å²) in [6.07, 6.45) is 4.83. The molecule has 2 amide bonds. The van der Waals surface area contributed by atoms with Crippen molar-refractivity contribution in [2.75, 3.05) is 18.5 Å². The number of amides is 2. The average molecular weight is 247 g/mol. The topological polar surface area (TPSA) is 58.4 Å². The normalized spacial score (nSPS) is 19.5. The third kappa shape index (κ3) is 3.23. The smallest absolute Gasteiger partial charge is 0.318 e. The zero-order valence-electron chi connectivity index (χ0n) is 10.9. The first-order chi connectivity index (χ1) is 8.66. The predicted octanol–water partition coefficient (Wildman–Crippen LogP) is 1.89. The Kier molecular flexibility index (Phi) is 4.20. The summed E-state index contributed by atoms with van der Waals surface area (Å²) in [5.74, 6) is 0. The largest absolute Gasteiger partial charge is 0.351 e. The van der Waals surface area contributed by atoms with Crippen LogP contribution in [0.3, 0.4) is 0 Å². The monoisotopic (exact) mass is 247 g/mol. The van der Waals surface area contributed by atoms with Crippen molar-refractivity contribution in [3.63, 3.8) is 0 Å². The second kappa shape index (κ2) is 5.87. The van der Waals surface area contributed by atoms with Crippen LogP contribution in [0.25, 0.3) is 0 Å². The average Bonchev–Trinajstić information content (AvgIpc) is 2.39. The van der Waals surface area contributed by atoms with Crippen LogP contribution < -0.4 is 16.0 Å². The van der Waals surface area contributed by atoms with Gasteiger partial charge in [0, 0.05) is 18.8 Å². The van der Waals surface area contributed by atoms with Gasteiger partial charge in [-0.05, 0) is 43.5 Å². The summed E-state index contributed by atoms with van der Waals surface area (Å²) >= 11 is 0. The molecule has 4 heteroatoms. The van der Waals surface area contributed by atoms with E-state index in [-0.39, 0.29) is 0 Å². The van der Waals surface area contributed by atoms with E-state index in [1.165, 1.54) is 29.7 Å². The van der Waals surface area contributed by atoms with Crippen molar-refractivity contribution in [3.05, 3.63) is 29.8 Å². The highest BCUT2D eigenvalue weighted by molar-refractivity contribution is 5.90. The van der Waals surface area contributed by atoms with Gasteiger partial charge in [0.05, 0.1) is 0 Å². The first kappa shape index (κ1) is 12.9. The van der Waals surface area contributed by atoms with E-state index in [9.17, 15) is 4.79 Å². The number of hydrogen-bond acceptors (Lipinski definition) is 2. The Hall–Kier alpha value is -1.55. The van der Waals surface area contributed by atoms with Crippen molar-refractivity contribution in [1.29, 1.82) is 0 Å². The predicted molar refractivity (Wildman–Crippen MR) is 73.8 cm³/mol. The maximum absolute atomic E-state index is 11.1. The molecule has 1 aromatic carbocycles. The van der Waals surface area contributed by atoms with E-state index in [1.54, 1.807) is 7.05 Å². The molecular weight excluding hydrogens is 226 g/mol. The van der Waals surface area contributed by atoms with Gasteiger partial charge in [-0.25, -0.2) is 4.79 Å². The number of nitrogens with zero attached hydrogens (tertiary/aromatic N) is 1. The van der Waals surface area contributed by atoms with E-state index in [0.29, 0.717) is 6.04 Å². The Labute approximate surface area is 108 Å². The van der Waals surface area contributed by atoms with Crippen LogP contribution in [-0.4, -0.2) is 25.7 Å². The fourth-order valence-electron chi connectivity index (χ4n) is 2.40. The molecule has 0 bridgehead atoms. The number of nitrogens with one attached hydrogen (secondary N) is 1. The summed E-state index contributed by atoms with van der Waals surface area (Å²) in [5.41, 5.74) is 7.38. The number of carbonyl (C=O) groups is 1. The van der Waals surface area contributed by atoms with Crippen LogP contribution in [0.15, 0.2) is 24.3 Å². The van der Waals surface area contributed by atoms with E-state index in [0.717, 1.165) is 18.7 Å². The van der Waals surface area contributed by atoms with Gasteiger partial charge in [-0.2, -0.15) is 0 Å². The molecule has 18 heavy (non-hydrogen) atoms. The lowest BCUT2D eigenvalue weighted by Gasteiger charge is -2.24. The molecule has 1 aliphatic rings. The number of hydrogen-bond donors (Lipinski definition) is 2. The maximum atomic E-state index is 11.1. The van der Waals surface area contributed by atoms with Gasteiger partial charge >= 0.3 is 6.03 Å². The molecule has 1 atom stereocenters. The van der Waals surface area contributed by atoms with Crippen molar-refractivity contribution < 1.29 is 4.79 Å². The van der Waals surface area contributed by atoms with Crippen molar-refractivity contribution >= 4 is 11.7 Å². The zero-order valence-corrected chi connectivity index (χ0v) is 10.9. The molecule has 0 aromatic heterocycles. The maximum Gasteiger partial charge on any atom is 0.318 e. The number of anilines is 1. The lowest BCUT2D eigenvalue weighted by molar-refractivity contribution is 0.255. The van der Waals surface area contributed by atoms with Crippen LogP contribution in [0.5, 0.6) is 0 Å². The van der Waals surface area contributed by atoms with Crippen LogP contribution in [0.4, 0.5) is 10.5 Å². The standard InChI is InChI=1S/C14H21N3O/c1-17(14(15)18)13-7-4-5-11(10-13)9-12-6-2-3-8-16-12/h4-5,7,10,12,16H,2-3,6,8-9H2,1H3,(H2,15,18). The molecule has 0 radical (unpaired) electrons. The molecule has 1 aliphatic heterocycles.